The lowest BCUT2D eigenvalue weighted by atomic mass is 10.1. The van der Waals surface area contributed by atoms with Crippen LogP contribution >= 0.6 is 0 Å². The van der Waals surface area contributed by atoms with Gasteiger partial charge >= 0.3 is 0 Å². The van der Waals surface area contributed by atoms with E-state index in [1.165, 1.54) is 38.5 Å². The molecule has 1 aromatic rings. The van der Waals surface area contributed by atoms with Crippen LogP contribution in [0.15, 0.2) is 18.5 Å². The van der Waals surface area contributed by atoms with Crippen molar-refractivity contribution in [1.82, 2.24) is 4.98 Å². The van der Waals surface area contributed by atoms with E-state index < -0.39 is 0 Å². The Morgan fingerprint density at radius 2 is 2.00 bits per heavy atom. The molecule has 3 nitrogen and oxygen atoms in total. The van der Waals surface area contributed by atoms with Gasteiger partial charge in [0.15, 0.2) is 0 Å². The Morgan fingerprint density at radius 1 is 1.22 bits per heavy atom. The molecule has 1 N–H and O–H groups in total. The number of hydrogen-bond acceptors (Lipinski definition) is 3. The van der Waals surface area contributed by atoms with Gasteiger partial charge in [0.1, 0.15) is 5.75 Å². The standard InChI is InChI=1S/C15H24N2O/c1-2-9-17-13-10-15(12-16-11-13)18-14-7-5-3-4-6-8-14/h10-12,14,17H,2-9H2,1H3. The Balaban J connectivity index is 1.91. The second kappa shape index (κ2) is 7.24. The second-order valence-electron chi connectivity index (χ2n) is 5.07. The van der Waals surface area contributed by atoms with Gasteiger partial charge in [-0.05, 0) is 32.1 Å². The van der Waals surface area contributed by atoms with Gasteiger partial charge in [-0.3, -0.25) is 4.98 Å². The third-order valence-corrected chi connectivity index (χ3v) is 3.40. The summed E-state index contributed by atoms with van der Waals surface area (Å²) >= 11 is 0. The maximum atomic E-state index is 6.05. The zero-order chi connectivity index (χ0) is 12.6. The molecule has 0 radical (unpaired) electrons. The summed E-state index contributed by atoms with van der Waals surface area (Å²) in [5, 5.41) is 3.34. The van der Waals surface area contributed by atoms with E-state index in [1.807, 2.05) is 12.4 Å². The first-order valence-corrected chi connectivity index (χ1v) is 7.24. The van der Waals surface area contributed by atoms with Crippen LogP contribution in [0.5, 0.6) is 5.75 Å². The van der Waals surface area contributed by atoms with Gasteiger partial charge in [-0.25, -0.2) is 0 Å². The maximum absolute atomic E-state index is 6.05. The molecular formula is C15H24N2O. The van der Waals surface area contributed by atoms with Crippen molar-refractivity contribution in [2.75, 3.05) is 11.9 Å². The number of hydrogen-bond donors (Lipinski definition) is 1. The first kappa shape index (κ1) is 13.2. The summed E-state index contributed by atoms with van der Waals surface area (Å²) in [4.78, 5) is 4.24. The summed E-state index contributed by atoms with van der Waals surface area (Å²) in [5.74, 6) is 0.906. The van der Waals surface area contributed by atoms with E-state index in [4.69, 9.17) is 4.74 Å². The first-order valence-electron chi connectivity index (χ1n) is 7.24. The van der Waals surface area contributed by atoms with Crippen LogP contribution in [0.2, 0.25) is 0 Å². The molecule has 0 unspecified atom stereocenters. The van der Waals surface area contributed by atoms with Crippen molar-refractivity contribution in [3.05, 3.63) is 18.5 Å². The molecule has 2 rings (SSSR count). The van der Waals surface area contributed by atoms with Gasteiger partial charge in [0.25, 0.3) is 0 Å². The molecule has 0 spiro atoms. The number of aromatic nitrogens is 1. The average molecular weight is 248 g/mol. The van der Waals surface area contributed by atoms with E-state index in [1.54, 1.807) is 0 Å². The zero-order valence-electron chi connectivity index (χ0n) is 11.3. The lowest BCUT2D eigenvalue weighted by molar-refractivity contribution is 0.183. The third-order valence-electron chi connectivity index (χ3n) is 3.40. The maximum Gasteiger partial charge on any atom is 0.140 e. The van der Waals surface area contributed by atoms with Gasteiger partial charge in [-0.15, -0.1) is 0 Å². The fraction of sp³-hybridized carbons (Fsp3) is 0.667. The molecule has 0 amide bonds. The smallest absolute Gasteiger partial charge is 0.140 e. The van der Waals surface area contributed by atoms with Crippen LogP contribution in [0, 0.1) is 0 Å². The highest BCUT2D eigenvalue weighted by Crippen LogP contribution is 2.23. The van der Waals surface area contributed by atoms with Crippen molar-refractivity contribution in [2.45, 2.75) is 58.0 Å². The van der Waals surface area contributed by atoms with Crippen molar-refractivity contribution in [3.63, 3.8) is 0 Å². The Bertz CT molecular complexity index is 346. The minimum absolute atomic E-state index is 0.385. The molecule has 100 valence electrons. The largest absolute Gasteiger partial charge is 0.489 e. The topological polar surface area (TPSA) is 34.2 Å². The summed E-state index contributed by atoms with van der Waals surface area (Å²) in [6.07, 6.45) is 12.9. The van der Waals surface area contributed by atoms with Crippen LogP contribution in [0.3, 0.4) is 0 Å². The van der Waals surface area contributed by atoms with Crippen molar-refractivity contribution in [1.29, 1.82) is 0 Å². The van der Waals surface area contributed by atoms with Crippen LogP contribution in [0.1, 0.15) is 51.9 Å². The van der Waals surface area contributed by atoms with Gasteiger partial charge in [0, 0.05) is 12.6 Å². The predicted molar refractivity (Wildman–Crippen MR) is 75.1 cm³/mol. The average Bonchev–Trinajstić information content (AvgIpc) is 2.65. The highest BCUT2D eigenvalue weighted by molar-refractivity contribution is 5.45. The molecule has 1 heterocycles. The molecule has 1 aliphatic carbocycles. The van der Waals surface area contributed by atoms with Gasteiger partial charge in [0.2, 0.25) is 0 Å². The van der Waals surface area contributed by atoms with Gasteiger partial charge in [-0.2, -0.15) is 0 Å². The number of ether oxygens (including phenoxy) is 1. The highest BCUT2D eigenvalue weighted by atomic mass is 16.5. The summed E-state index contributed by atoms with van der Waals surface area (Å²) in [6, 6.07) is 2.06. The van der Waals surface area contributed by atoms with Crippen molar-refractivity contribution < 1.29 is 4.74 Å². The van der Waals surface area contributed by atoms with Crippen LogP contribution in [-0.2, 0) is 0 Å². The van der Waals surface area contributed by atoms with E-state index in [0.29, 0.717) is 6.10 Å². The normalized spacial score (nSPS) is 17.2. The van der Waals surface area contributed by atoms with E-state index in [9.17, 15) is 0 Å². The molecule has 0 atom stereocenters. The fourth-order valence-electron chi connectivity index (χ4n) is 2.40. The summed E-state index contributed by atoms with van der Waals surface area (Å²) < 4.78 is 6.05. The molecule has 18 heavy (non-hydrogen) atoms. The van der Waals surface area contributed by atoms with Gasteiger partial charge < -0.3 is 10.1 Å². The molecule has 3 heteroatoms. The van der Waals surface area contributed by atoms with E-state index in [0.717, 1.165) is 24.4 Å². The number of pyridine rings is 1. The van der Waals surface area contributed by atoms with Gasteiger partial charge in [-0.1, -0.05) is 19.8 Å². The Labute approximate surface area is 110 Å². The third kappa shape index (κ3) is 4.21. The molecule has 0 aromatic carbocycles. The summed E-state index contributed by atoms with van der Waals surface area (Å²) in [5.41, 5.74) is 1.06. The molecule has 1 saturated carbocycles. The Morgan fingerprint density at radius 3 is 2.72 bits per heavy atom. The molecule has 1 aliphatic rings. The molecule has 1 fully saturated rings. The zero-order valence-corrected chi connectivity index (χ0v) is 11.3. The van der Waals surface area contributed by atoms with Crippen molar-refractivity contribution >= 4 is 5.69 Å². The van der Waals surface area contributed by atoms with Crippen LogP contribution in [-0.4, -0.2) is 17.6 Å². The van der Waals surface area contributed by atoms with Crippen molar-refractivity contribution in [3.8, 4) is 5.75 Å². The van der Waals surface area contributed by atoms with E-state index in [2.05, 4.69) is 23.3 Å². The minimum atomic E-state index is 0.385. The van der Waals surface area contributed by atoms with Crippen molar-refractivity contribution in [2.24, 2.45) is 0 Å². The van der Waals surface area contributed by atoms with Crippen LogP contribution in [0.25, 0.3) is 0 Å². The Kier molecular flexibility index (Phi) is 5.31. The molecule has 0 aliphatic heterocycles. The second-order valence-corrected chi connectivity index (χ2v) is 5.07. The lowest BCUT2D eigenvalue weighted by Gasteiger charge is -2.17. The molecule has 0 saturated heterocycles. The summed E-state index contributed by atoms with van der Waals surface area (Å²) in [7, 11) is 0. The van der Waals surface area contributed by atoms with Crippen LogP contribution in [0.4, 0.5) is 5.69 Å². The fourth-order valence-corrected chi connectivity index (χ4v) is 2.40. The first-order chi connectivity index (χ1) is 8.88. The highest BCUT2D eigenvalue weighted by Gasteiger charge is 2.13. The van der Waals surface area contributed by atoms with Gasteiger partial charge in [0.05, 0.1) is 24.2 Å². The summed E-state index contributed by atoms with van der Waals surface area (Å²) in [6.45, 7) is 3.14. The Hall–Kier alpha value is -1.25. The number of nitrogens with zero attached hydrogens (tertiary/aromatic N) is 1. The predicted octanol–water partition coefficient (Wildman–Crippen LogP) is 4.01. The number of anilines is 1. The molecule has 1 aromatic heterocycles. The molecular weight excluding hydrogens is 224 g/mol. The van der Waals surface area contributed by atoms with Crippen LogP contribution < -0.4 is 10.1 Å². The minimum Gasteiger partial charge on any atom is -0.489 e. The SMILES string of the molecule is CCCNc1cncc(OC2CCCCCC2)c1. The number of nitrogens with one attached hydrogen (secondary N) is 1. The lowest BCUT2D eigenvalue weighted by Crippen LogP contribution is -2.15. The number of rotatable bonds is 5. The van der Waals surface area contributed by atoms with E-state index in [-0.39, 0.29) is 0 Å². The quantitative estimate of drug-likeness (QED) is 0.800. The van der Waals surface area contributed by atoms with E-state index >= 15 is 0 Å². The monoisotopic (exact) mass is 248 g/mol. The molecule has 0 bridgehead atoms.